The second kappa shape index (κ2) is 5.04. The van der Waals surface area contributed by atoms with Crippen molar-refractivity contribution in [1.29, 1.82) is 0 Å². The summed E-state index contributed by atoms with van der Waals surface area (Å²) in [4.78, 5) is 16.5. The quantitative estimate of drug-likeness (QED) is 0.756. The van der Waals surface area contributed by atoms with Gasteiger partial charge in [0.05, 0.1) is 11.0 Å². The van der Waals surface area contributed by atoms with Gasteiger partial charge in [0.15, 0.2) is 0 Å². The fourth-order valence-corrected chi connectivity index (χ4v) is 3.65. The normalized spacial score (nSPS) is 17.0. The first-order chi connectivity index (χ1) is 9.54. The molecule has 3 N–H and O–H groups in total. The highest BCUT2D eigenvalue weighted by molar-refractivity contribution is 7.87. The Morgan fingerprint density at radius 2 is 1.85 bits per heavy atom. The van der Waals surface area contributed by atoms with Crippen LogP contribution in [-0.2, 0) is 16.8 Å². The van der Waals surface area contributed by atoms with Crippen molar-refractivity contribution in [3.63, 3.8) is 0 Å². The fraction of sp³-hybridized carbons (Fsp3) is 0.417. The van der Waals surface area contributed by atoms with Crippen molar-refractivity contribution < 1.29 is 8.42 Å². The smallest absolute Gasteiger partial charge is 0.306 e. The van der Waals surface area contributed by atoms with Crippen LogP contribution >= 0.6 is 0 Å². The van der Waals surface area contributed by atoms with Gasteiger partial charge in [0.25, 0.3) is 10.2 Å². The van der Waals surface area contributed by atoms with E-state index in [4.69, 9.17) is 0 Å². The molecule has 8 heteroatoms. The summed E-state index contributed by atoms with van der Waals surface area (Å²) in [6.07, 6.45) is 1.83. The number of hydrogen-bond donors (Lipinski definition) is 3. The molecule has 7 nitrogen and oxygen atoms in total. The monoisotopic (exact) mass is 296 g/mol. The number of hydrogen-bond acceptors (Lipinski definition) is 3. The highest BCUT2D eigenvalue weighted by Gasteiger charge is 2.24. The van der Waals surface area contributed by atoms with Crippen LogP contribution in [0, 0.1) is 0 Å². The first-order valence-corrected chi connectivity index (χ1v) is 7.94. The van der Waals surface area contributed by atoms with Crippen molar-refractivity contribution in [2.45, 2.75) is 19.4 Å². The zero-order chi connectivity index (χ0) is 14.2. The Balaban J connectivity index is 1.74. The Morgan fingerprint density at radius 1 is 1.15 bits per heavy atom. The largest absolute Gasteiger partial charge is 0.323 e. The summed E-state index contributed by atoms with van der Waals surface area (Å²) in [5.41, 5.74) is 1.92. The van der Waals surface area contributed by atoms with Crippen LogP contribution < -0.4 is 10.4 Å². The van der Waals surface area contributed by atoms with Crippen LogP contribution in [0.15, 0.2) is 23.0 Å². The van der Waals surface area contributed by atoms with Gasteiger partial charge in [0.2, 0.25) is 0 Å². The van der Waals surface area contributed by atoms with Crippen molar-refractivity contribution in [1.82, 2.24) is 19.0 Å². The van der Waals surface area contributed by atoms with Crippen molar-refractivity contribution in [2.24, 2.45) is 0 Å². The minimum Gasteiger partial charge on any atom is -0.306 e. The standard InChI is InChI=1S/C12H16N4O3S/c17-12-14-10-4-3-9(7-11(10)15-12)8-13-20(18,19)16-5-1-2-6-16/h3-4,7,13H,1-2,5-6,8H2,(H2,14,15,17). The summed E-state index contributed by atoms with van der Waals surface area (Å²) in [5.74, 6) is 0. The van der Waals surface area contributed by atoms with Gasteiger partial charge in [-0.2, -0.15) is 17.4 Å². The van der Waals surface area contributed by atoms with Crippen molar-refractivity contribution in [3.05, 3.63) is 34.2 Å². The molecular formula is C12H16N4O3S. The summed E-state index contributed by atoms with van der Waals surface area (Å²) in [6.45, 7) is 1.38. The molecule has 2 aromatic rings. The zero-order valence-electron chi connectivity index (χ0n) is 10.8. The first kappa shape index (κ1) is 13.3. The fourth-order valence-electron chi connectivity index (χ4n) is 2.38. The van der Waals surface area contributed by atoms with Crippen LogP contribution in [0.5, 0.6) is 0 Å². The third-order valence-corrected chi connectivity index (χ3v) is 5.00. The molecule has 108 valence electrons. The summed E-state index contributed by atoms with van der Waals surface area (Å²) in [6, 6.07) is 5.31. The summed E-state index contributed by atoms with van der Waals surface area (Å²) < 4.78 is 28.1. The molecule has 1 fully saturated rings. The Kier molecular flexibility index (Phi) is 3.36. The lowest BCUT2D eigenvalue weighted by atomic mass is 10.2. The number of rotatable bonds is 4. The molecule has 0 unspecified atom stereocenters. The predicted molar refractivity (Wildman–Crippen MR) is 75.5 cm³/mol. The molecule has 2 heterocycles. The van der Waals surface area contributed by atoms with Gasteiger partial charge < -0.3 is 9.97 Å². The molecule has 0 amide bonds. The van der Waals surface area contributed by atoms with Crippen molar-refractivity contribution in [3.8, 4) is 0 Å². The number of nitrogens with one attached hydrogen (secondary N) is 3. The number of fused-ring (bicyclic) bond motifs is 1. The SMILES string of the molecule is O=c1[nH]c2ccc(CNS(=O)(=O)N3CCCC3)cc2[nH]1. The third kappa shape index (κ3) is 2.62. The number of H-pyrrole nitrogens is 2. The topological polar surface area (TPSA) is 98.1 Å². The van der Waals surface area contributed by atoms with Gasteiger partial charge in [0, 0.05) is 19.6 Å². The van der Waals surface area contributed by atoms with E-state index < -0.39 is 10.2 Å². The van der Waals surface area contributed by atoms with Gasteiger partial charge in [-0.1, -0.05) is 6.07 Å². The van der Waals surface area contributed by atoms with E-state index >= 15 is 0 Å². The number of imidazole rings is 1. The van der Waals surface area contributed by atoms with Gasteiger partial charge in [-0.25, -0.2) is 4.79 Å². The molecule has 1 aromatic carbocycles. The van der Waals surface area contributed by atoms with E-state index in [9.17, 15) is 13.2 Å². The van der Waals surface area contributed by atoms with E-state index in [-0.39, 0.29) is 12.2 Å². The molecule has 1 aromatic heterocycles. The van der Waals surface area contributed by atoms with E-state index in [1.165, 1.54) is 4.31 Å². The second-order valence-electron chi connectivity index (χ2n) is 4.89. The van der Waals surface area contributed by atoms with Crippen LogP contribution in [0.25, 0.3) is 11.0 Å². The second-order valence-corrected chi connectivity index (χ2v) is 6.65. The summed E-state index contributed by atoms with van der Waals surface area (Å²) >= 11 is 0. The van der Waals surface area contributed by atoms with E-state index in [1.807, 2.05) is 0 Å². The third-order valence-electron chi connectivity index (χ3n) is 3.44. The molecule has 3 rings (SSSR count). The lowest BCUT2D eigenvalue weighted by Crippen LogP contribution is -2.38. The van der Waals surface area contributed by atoms with E-state index in [2.05, 4.69) is 14.7 Å². The summed E-state index contributed by atoms with van der Waals surface area (Å²) in [7, 11) is -3.40. The maximum atomic E-state index is 12.0. The molecule has 0 atom stereocenters. The minimum absolute atomic E-state index is 0.210. The number of nitrogens with zero attached hydrogens (tertiary/aromatic N) is 1. The van der Waals surface area contributed by atoms with Crippen LogP contribution in [0.2, 0.25) is 0 Å². The van der Waals surface area contributed by atoms with E-state index in [0.29, 0.717) is 24.1 Å². The Bertz CT molecular complexity index is 771. The Labute approximate surface area is 116 Å². The number of benzene rings is 1. The van der Waals surface area contributed by atoms with Gasteiger partial charge in [-0.05, 0) is 30.5 Å². The number of aromatic nitrogens is 2. The molecule has 0 radical (unpaired) electrons. The van der Waals surface area contributed by atoms with E-state index in [0.717, 1.165) is 18.4 Å². The maximum absolute atomic E-state index is 12.0. The summed E-state index contributed by atoms with van der Waals surface area (Å²) in [5, 5.41) is 0. The molecule has 0 spiro atoms. The average Bonchev–Trinajstić information content (AvgIpc) is 3.04. The minimum atomic E-state index is -3.40. The van der Waals surface area contributed by atoms with Crippen LogP contribution in [0.4, 0.5) is 0 Å². The Hall–Kier alpha value is -1.64. The maximum Gasteiger partial charge on any atom is 0.323 e. The van der Waals surface area contributed by atoms with Gasteiger partial charge in [-0.3, -0.25) is 0 Å². The average molecular weight is 296 g/mol. The lowest BCUT2D eigenvalue weighted by Gasteiger charge is -2.16. The molecule has 0 aliphatic carbocycles. The highest BCUT2D eigenvalue weighted by Crippen LogP contribution is 2.13. The molecule has 0 bridgehead atoms. The van der Waals surface area contributed by atoms with E-state index in [1.54, 1.807) is 18.2 Å². The Morgan fingerprint density at radius 3 is 2.60 bits per heavy atom. The number of aromatic amines is 2. The van der Waals surface area contributed by atoms with Crippen LogP contribution in [0.3, 0.4) is 0 Å². The van der Waals surface area contributed by atoms with Crippen LogP contribution in [-0.4, -0.2) is 35.8 Å². The zero-order valence-corrected chi connectivity index (χ0v) is 11.7. The molecule has 0 saturated carbocycles. The highest BCUT2D eigenvalue weighted by atomic mass is 32.2. The van der Waals surface area contributed by atoms with Gasteiger partial charge >= 0.3 is 5.69 Å². The molecule has 1 saturated heterocycles. The van der Waals surface area contributed by atoms with Crippen molar-refractivity contribution in [2.75, 3.05) is 13.1 Å². The molecule has 20 heavy (non-hydrogen) atoms. The lowest BCUT2D eigenvalue weighted by molar-refractivity contribution is 0.464. The van der Waals surface area contributed by atoms with Crippen LogP contribution in [0.1, 0.15) is 18.4 Å². The molecule has 1 aliphatic rings. The predicted octanol–water partition coefficient (Wildman–Crippen LogP) is 0.286. The molecule has 1 aliphatic heterocycles. The van der Waals surface area contributed by atoms with Crippen molar-refractivity contribution >= 4 is 21.2 Å². The molecular weight excluding hydrogens is 280 g/mol. The van der Waals surface area contributed by atoms with Gasteiger partial charge in [0.1, 0.15) is 0 Å². The first-order valence-electron chi connectivity index (χ1n) is 6.50. The van der Waals surface area contributed by atoms with Gasteiger partial charge in [-0.15, -0.1) is 0 Å².